The molecule has 0 fully saturated rings. The second-order valence-corrected chi connectivity index (χ2v) is 9.32. The number of benzene rings is 2. The van der Waals surface area contributed by atoms with E-state index in [2.05, 4.69) is 5.32 Å². The van der Waals surface area contributed by atoms with Crippen LogP contribution in [-0.4, -0.2) is 39.4 Å². The molecule has 27 heavy (non-hydrogen) atoms. The third-order valence-electron chi connectivity index (χ3n) is 3.39. The molecule has 0 saturated carbocycles. The van der Waals surface area contributed by atoms with Crippen LogP contribution in [-0.2, 0) is 14.8 Å². The van der Waals surface area contributed by atoms with Crippen LogP contribution in [0.25, 0.3) is 0 Å². The Balaban J connectivity index is 1.92. The highest BCUT2D eigenvalue weighted by Crippen LogP contribution is 2.33. The Hall–Kier alpha value is -1.48. The van der Waals surface area contributed by atoms with Gasteiger partial charge in [0.1, 0.15) is 12.4 Å². The lowest BCUT2D eigenvalue weighted by Crippen LogP contribution is -2.41. The van der Waals surface area contributed by atoms with Crippen molar-refractivity contribution >= 4 is 56.6 Å². The summed E-state index contributed by atoms with van der Waals surface area (Å²) in [5.41, 5.74) is 0.214. The van der Waals surface area contributed by atoms with Gasteiger partial charge in [-0.3, -0.25) is 9.10 Å². The number of amides is 1. The van der Waals surface area contributed by atoms with E-state index in [1.807, 2.05) is 0 Å². The molecule has 1 amide bonds. The van der Waals surface area contributed by atoms with Crippen molar-refractivity contribution < 1.29 is 17.6 Å². The molecule has 0 aliphatic carbocycles. The molecule has 0 aliphatic rings. The summed E-state index contributed by atoms with van der Waals surface area (Å²) in [5, 5.41) is 3.70. The van der Waals surface area contributed by atoms with Crippen molar-refractivity contribution in [3.63, 3.8) is 0 Å². The Bertz CT molecular complexity index is 889. The maximum atomic E-state index is 13.0. The molecule has 2 aromatic carbocycles. The lowest BCUT2D eigenvalue weighted by atomic mass is 10.3. The van der Waals surface area contributed by atoms with Gasteiger partial charge in [-0.2, -0.15) is 0 Å². The van der Waals surface area contributed by atoms with Crippen LogP contribution in [0.4, 0.5) is 10.1 Å². The molecule has 2 rings (SSSR count). The maximum absolute atomic E-state index is 13.0. The first-order valence-corrected chi connectivity index (χ1v) is 11.3. The number of halogens is 3. The fraction of sp³-hybridized carbons (Fsp3) is 0.235. The largest absolute Gasteiger partial charge is 0.354 e. The van der Waals surface area contributed by atoms with Gasteiger partial charge in [-0.05, 0) is 36.4 Å². The van der Waals surface area contributed by atoms with Crippen LogP contribution in [0.1, 0.15) is 0 Å². The molecular formula is C17H17Cl2FN2O3S2. The Morgan fingerprint density at radius 2 is 1.74 bits per heavy atom. The van der Waals surface area contributed by atoms with E-state index in [1.54, 1.807) is 18.2 Å². The van der Waals surface area contributed by atoms with E-state index < -0.39 is 28.3 Å². The monoisotopic (exact) mass is 450 g/mol. The summed E-state index contributed by atoms with van der Waals surface area (Å²) in [6.07, 6.45) is 0.985. The Labute approximate surface area is 171 Å². The fourth-order valence-electron chi connectivity index (χ4n) is 2.16. The molecule has 0 spiro atoms. The number of rotatable bonds is 8. The van der Waals surface area contributed by atoms with E-state index in [0.29, 0.717) is 22.3 Å². The standard InChI is InChI=1S/C17H17Cl2FN2O3S2/c1-27(24,25)22(13-7-5-12(20)6-8-13)11-16(23)21-9-10-26-17-14(18)3-2-4-15(17)19/h2-8H,9-11H2,1H3,(H,21,23). The SMILES string of the molecule is CS(=O)(=O)N(CC(=O)NCCSc1c(Cl)cccc1Cl)c1ccc(F)cc1. The molecule has 0 aliphatic heterocycles. The Kier molecular flexibility index (Phi) is 7.79. The summed E-state index contributed by atoms with van der Waals surface area (Å²) in [6.45, 7) is -0.103. The zero-order valence-electron chi connectivity index (χ0n) is 14.3. The first-order chi connectivity index (χ1) is 12.7. The molecule has 146 valence electrons. The van der Waals surface area contributed by atoms with Gasteiger partial charge in [-0.25, -0.2) is 12.8 Å². The van der Waals surface area contributed by atoms with Crippen LogP contribution in [0.2, 0.25) is 10.0 Å². The van der Waals surface area contributed by atoms with Crippen LogP contribution < -0.4 is 9.62 Å². The van der Waals surface area contributed by atoms with Gasteiger partial charge in [-0.15, -0.1) is 11.8 Å². The van der Waals surface area contributed by atoms with Gasteiger partial charge in [0.25, 0.3) is 0 Å². The minimum atomic E-state index is -3.70. The number of nitrogens with zero attached hydrogens (tertiary/aromatic N) is 1. The number of sulfonamides is 1. The van der Waals surface area contributed by atoms with Crippen LogP contribution in [0.15, 0.2) is 47.4 Å². The van der Waals surface area contributed by atoms with Gasteiger partial charge in [0.15, 0.2) is 0 Å². The van der Waals surface area contributed by atoms with E-state index in [4.69, 9.17) is 23.2 Å². The molecule has 0 heterocycles. The van der Waals surface area contributed by atoms with Crippen LogP contribution >= 0.6 is 35.0 Å². The number of hydrogen-bond donors (Lipinski definition) is 1. The summed E-state index contributed by atoms with van der Waals surface area (Å²) >= 11 is 13.5. The predicted octanol–water partition coefficient (Wildman–Crippen LogP) is 3.81. The quantitative estimate of drug-likeness (QED) is 0.490. The zero-order valence-corrected chi connectivity index (χ0v) is 17.4. The molecule has 0 unspecified atom stereocenters. The van der Waals surface area contributed by atoms with Crippen molar-refractivity contribution in [3.05, 3.63) is 58.3 Å². The summed E-state index contributed by atoms with van der Waals surface area (Å²) in [6, 6.07) is 10.1. The van der Waals surface area contributed by atoms with Gasteiger partial charge >= 0.3 is 0 Å². The van der Waals surface area contributed by atoms with Crippen molar-refractivity contribution in [2.45, 2.75) is 4.90 Å². The first kappa shape index (κ1) is 21.8. The number of thioether (sulfide) groups is 1. The predicted molar refractivity (Wildman–Crippen MR) is 109 cm³/mol. The number of anilines is 1. The van der Waals surface area contributed by atoms with Gasteiger partial charge in [0, 0.05) is 17.2 Å². The molecule has 0 radical (unpaired) electrons. The summed E-state index contributed by atoms with van der Waals surface area (Å²) in [7, 11) is -3.70. The van der Waals surface area contributed by atoms with E-state index in [-0.39, 0.29) is 5.69 Å². The normalized spacial score (nSPS) is 11.3. The zero-order chi connectivity index (χ0) is 20.0. The molecule has 0 saturated heterocycles. The maximum Gasteiger partial charge on any atom is 0.240 e. The third-order valence-corrected chi connectivity index (χ3v) is 6.52. The van der Waals surface area contributed by atoms with Crippen LogP contribution in [0, 0.1) is 5.82 Å². The highest BCUT2D eigenvalue weighted by atomic mass is 35.5. The van der Waals surface area contributed by atoms with Gasteiger partial charge in [-0.1, -0.05) is 29.3 Å². The third kappa shape index (κ3) is 6.57. The highest BCUT2D eigenvalue weighted by molar-refractivity contribution is 7.99. The van der Waals surface area contributed by atoms with Gasteiger partial charge in [0.2, 0.25) is 15.9 Å². The van der Waals surface area contributed by atoms with Crippen LogP contribution in [0.3, 0.4) is 0 Å². The first-order valence-electron chi connectivity index (χ1n) is 7.75. The van der Waals surface area contributed by atoms with Gasteiger partial charge in [0.05, 0.1) is 22.0 Å². The average molecular weight is 451 g/mol. The number of nitrogens with one attached hydrogen (secondary N) is 1. The van der Waals surface area contributed by atoms with Gasteiger partial charge < -0.3 is 5.32 Å². The van der Waals surface area contributed by atoms with Crippen molar-refractivity contribution in [1.29, 1.82) is 0 Å². The smallest absolute Gasteiger partial charge is 0.240 e. The molecule has 0 aromatic heterocycles. The summed E-state index contributed by atoms with van der Waals surface area (Å²) in [4.78, 5) is 12.9. The second-order valence-electron chi connectivity index (χ2n) is 5.50. The van der Waals surface area contributed by atoms with E-state index >= 15 is 0 Å². The molecule has 2 aromatic rings. The topological polar surface area (TPSA) is 66.5 Å². The Morgan fingerprint density at radius 1 is 1.15 bits per heavy atom. The van der Waals surface area contributed by atoms with Crippen molar-refractivity contribution in [3.8, 4) is 0 Å². The molecular weight excluding hydrogens is 434 g/mol. The van der Waals surface area contributed by atoms with Crippen molar-refractivity contribution in [1.82, 2.24) is 5.32 Å². The summed E-state index contributed by atoms with van der Waals surface area (Å²) < 4.78 is 37.9. The summed E-state index contributed by atoms with van der Waals surface area (Å²) in [5.74, 6) is -0.465. The lowest BCUT2D eigenvalue weighted by Gasteiger charge is -2.21. The number of carbonyl (C=O) groups is 1. The minimum Gasteiger partial charge on any atom is -0.354 e. The molecule has 0 atom stereocenters. The van der Waals surface area contributed by atoms with E-state index in [1.165, 1.54) is 23.9 Å². The van der Waals surface area contributed by atoms with Crippen molar-refractivity contribution in [2.75, 3.05) is 29.4 Å². The molecule has 10 heteroatoms. The van der Waals surface area contributed by atoms with E-state index in [9.17, 15) is 17.6 Å². The molecule has 1 N–H and O–H groups in total. The van der Waals surface area contributed by atoms with Crippen molar-refractivity contribution in [2.24, 2.45) is 0 Å². The minimum absolute atomic E-state index is 0.214. The van der Waals surface area contributed by atoms with E-state index in [0.717, 1.165) is 27.6 Å². The number of hydrogen-bond acceptors (Lipinski definition) is 4. The molecule has 5 nitrogen and oxygen atoms in total. The number of carbonyl (C=O) groups excluding carboxylic acids is 1. The fourth-order valence-corrected chi connectivity index (χ4v) is 4.56. The lowest BCUT2D eigenvalue weighted by molar-refractivity contribution is -0.119. The molecule has 0 bridgehead atoms. The van der Waals surface area contributed by atoms with Crippen LogP contribution in [0.5, 0.6) is 0 Å². The highest BCUT2D eigenvalue weighted by Gasteiger charge is 2.20. The average Bonchev–Trinajstić information content (AvgIpc) is 2.58. The Morgan fingerprint density at radius 3 is 2.30 bits per heavy atom. The second kappa shape index (κ2) is 9.64.